The molecule has 0 atom stereocenters. The Morgan fingerprint density at radius 2 is 2.00 bits per heavy atom. The number of anilines is 1. The summed E-state index contributed by atoms with van der Waals surface area (Å²) in [6, 6.07) is 5.11. The van der Waals surface area contributed by atoms with E-state index in [4.69, 9.17) is 10.5 Å². The number of benzene rings is 1. The third kappa shape index (κ3) is 5.10. The number of likely N-dealkylation sites (tertiary alicyclic amines) is 1. The number of nitriles is 1. The van der Waals surface area contributed by atoms with Crippen LogP contribution in [0.4, 0.5) is 28.2 Å². The molecule has 13 heteroatoms. The van der Waals surface area contributed by atoms with E-state index < -0.39 is 23.2 Å². The summed E-state index contributed by atoms with van der Waals surface area (Å²) >= 11 is 0. The van der Waals surface area contributed by atoms with Crippen molar-refractivity contribution in [2.45, 2.75) is 64.4 Å². The van der Waals surface area contributed by atoms with Gasteiger partial charge in [0, 0.05) is 30.4 Å². The Morgan fingerprint density at radius 3 is 2.65 bits per heavy atom. The Bertz CT molecular complexity index is 1490. The first kappa shape index (κ1) is 27.5. The fourth-order valence-corrected chi connectivity index (χ4v) is 5.57. The lowest BCUT2D eigenvalue weighted by Gasteiger charge is -2.45. The SMILES string of the molecule is CC(C)(C)OC(=O)N1CCC2(CC(n3nc(-c4cnn(Cc5cccc(C(F)(F)F)c5F)c4)c(C#N)c3N)C2)C1. The van der Waals surface area contributed by atoms with E-state index in [0.717, 1.165) is 25.3 Å². The zero-order chi connectivity index (χ0) is 29.0. The molecule has 1 aliphatic carbocycles. The second-order valence-electron chi connectivity index (χ2n) is 11.6. The summed E-state index contributed by atoms with van der Waals surface area (Å²) in [5.74, 6) is -1.15. The van der Waals surface area contributed by atoms with Crippen LogP contribution in [-0.4, -0.2) is 49.2 Å². The third-order valence-corrected chi connectivity index (χ3v) is 7.46. The van der Waals surface area contributed by atoms with Crippen LogP contribution in [0.1, 0.15) is 62.8 Å². The van der Waals surface area contributed by atoms with Crippen molar-refractivity contribution in [3.63, 3.8) is 0 Å². The van der Waals surface area contributed by atoms with Crippen LogP contribution >= 0.6 is 0 Å². The average Bonchev–Trinajstić information content (AvgIpc) is 3.55. The van der Waals surface area contributed by atoms with Crippen molar-refractivity contribution in [3.05, 3.63) is 53.1 Å². The zero-order valence-electron chi connectivity index (χ0n) is 22.3. The molecule has 0 bridgehead atoms. The minimum atomic E-state index is -4.81. The van der Waals surface area contributed by atoms with Gasteiger partial charge >= 0.3 is 12.3 Å². The van der Waals surface area contributed by atoms with Gasteiger partial charge in [0.2, 0.25) is 0 Å². The number of amides is 1. The molecule has 1 aromatic carbocycles. The molecule has 2 N–H and O–H groups in total. The molecule has 1 saturated heterocycles. The van der Waals surface area contributed by atoms with Crippen LogP contribution < -0.4 is 5.73 Å². The fraction of sp³-hybridized carbons (Fsp3) is 0.481. The molecule has 2 aliphatic rings. The summed E-state index contributed by atoms with van der Waals surface area (Å²) in [6.07, 6.45) is 0.0608. The number of nitrogen functional groups attached to an aromatic ring is 1. The van der Waals surface area contributed by atoms with Gasteiger partial charge in [-0.3, -0.25) is 4.68 Å². The predicted molar refractivity (Wildman–Crippen MR) is 136 cm³/mol. The first-order valence-corrected chi connectivity index (χ1v) is 12.8. The second kappa shape index (κ2) is 9.53. The van der Waals surface area contributed by atoms with Crippen LogP contribution in [0.15, 0.2) is 30.6 Å². The zero-order valence-corrected chi connectivity index (χ0v) is 22.3. The molecular weight excluding hydrogens is 530 g/mol. The molecule has 2 fully saturated rings. The number of alkyl halides is 3. The number of hydrogen-bond donors (Lipinski definition) is 1. The summed E-state index contributed by atoms with van der Waals surface area (Å²) in [5, 5.41) is 18.5. The normalized spacial score (nSPS) is 20.9. The molecule has 1 amide bonds. The Labute approximate surface area is 228 Å². The Kier molecular flexibility index (Phi) is 6.55. The maximum Gasteiger partial charge on any atom is 0.419 e. The third-order valence-electron chi connectivity index (χ3n) is 7.46. The van der Waals surface area contributed by atoms with Gasteiger partial charge < -0.3 is 15.4 Å². The van der Waals surface area contributed by atoms with Crippen molar-refractivity contribution < 1.29 is 27.1 Å². The highest BCUT2D eigenvalue weighted by Gasteiger charge is 2.51. The molecule has 1 aliphatic heterocycles. The maximum atomic E-state index is 14.5. The Balaban J connectivity index is 1.31. The van der Waals surface area contributed by atoms with Gasteiger partial charge in [-0.2, -0.15) is 28.6 Å². The minimum Gasteiger partial charge on any atom is -0.444 e. The van der Waals surface area contributed by atoms with Crippen LogP contribution in [-0.2, 0) is 17.5 Å². The molecule has 0 radical (unpaired) electrons. The molecule has 5 rings (SSSR count). The van der Waals surface area contributed by atoms with Gasteiger partial charge in [0.15, 0.2) is 0 Å². The number of nitrogens with two attached hydrogens (primary N) is 1. The standard InChI is InChI=1S/C27H29F4N7O2/c1-25(2,3)40-24(39)36-8-7-26(15-36)9-18(10-26)38-23(33)19(11-32)22(35-38)17-12-34-37(14-17)13-16-5-4-6-20(21(16)28)27(29,30)31/h4-6,12,14,18H,7-10,13,15,33H2,1-3H3. The van der Waals surface area contributed by atoms with E-state index >= 15 is 0 Å². The highest BCUT2D eigenvalue weighted by Crippen LogP contribution is 2.55. The van der Waals surface area contributed by atoms with Gasteiger partial charge in [-0.25, -0.2) is 13.9 Å². The monoisotopic (exact) mass is 559 g/mol. The van der Waals surface area contributed by atoms with Crippen LogP contribution in [0.2, 0.25) is 0 Å². The van der Waals surface area contributed by atoms with Crippen LogP contribution in [0.3, 0.4) is 0 Å². The lowest BCUT2D eigenvalue weighted by atomic mass is 9.65. The quantitative estimate of drug-likeness (QED) is 0.430. The number of nitrogens with zero attached hydrogens (tertiary/aromatic N) is 6. The lowest BCUT2D eigenvalue weighted by Crippen LogP contribution is -2.43. The first-order chi connectivity index (χ1) is 18.7. The fourth-order valence-electron chi connectivity index (χ4n) is 5.57. The first-order valence-electron chi connectivity index (χ1n) is 12.8. The van der Waals surface area contributed by atoms with E-state index in [2.05, 4.69) is 16.3 Å². The van der Waals surface area contributed by atoms with E-state index in [0.29, 0.717) is 30.4 Å². The topological polar surface area (TPSA) is 115 Å². The number of hydrogen-bond acceptors (Lipinski definition) is 6. The van der Waals surface area contributed by atoms with Gasteiger partial charge in [-0.05, 0) is 51.5 Å². The van der Waals surface area contributed by atoms with Crippen molar-refractivity contribution in [1.82, 2.24) is 24.5 Å². The molecular formula is C27H29F4N7O2. The number of carbonyl (C=O) groups excluding carboxylic acids is 1. The number of aromatic nitrogens is 4. The van der Waals surface area contributed by atoms with Gasteiger partial charge in [-0.15, -0.1) is 0 Å². The smallest absolute Gasteiger partial charge is 0.419 e. The molecule has 3 heterocycles. The lowest BCUT2D eigenvalue weighted by molar-refractivity contribution is -0.140. The average molecular weight is 560 g/mol. The molecule has 212 valence electrons. The van der Waals surface area contributed by atoms with Gasteiger partial charge in [0.25, 0.3) is 0 Å². The second-order valence-corrected chi connectivity index (χ2v) is 11.6. The highest BCUT2D eigenvalue weighted by molar-refractivity contribution is 5.72. The van der Waals surface area contributed by atoms with Crippen molar-refractivity contribution in [2.24, 2.45) is 5.41 Å². The van der Waals surface area contributed by atoms with Crippen LogP contribution in [0, 0.1) is 22.6 Å². The molecule has 3 aromatic rings. The number of ether oxygens (including phenoxy) is 1. The van der Waals surface area contributed by atoms with Crippen molar-refractivity contribution >= 4 is 11.9 Å². The Hall–Kier alpha value is -4.08. The number of halogens is 4. The van der Waals surface area contributed by atoms with Crippen molar-refractivity contribution in [2.75, 3.05) is 18.8 Å². The predicted octanol–water partition coefficient (Wildman–Crippen LogP) is 5.37. The number of carbonyl (C=O) groups is 1. The summed E-state index contributed by atoms with van der Waals surface area (Å²) < 4.78 is 62.2. The summed E-state index contributed by atoms with van der Waals surface area (Å²) in [7, 11) is 0. The molecule has 40 heavy (non-hydrogen) atoms. The highest BCUT2D eigenvalue weighted by atomic mass is 19.4. The van der Waals surface area contributed by atoms with E-state index in [-0.39, 0.29) is 41.0 Å². The molecule has 9 nitrogen and oxygen atoms in total. The largest absolute Gasteiger partial charge is 0.444 e. The van der Waals surface area contributed by atoms with Crippen LogP contribution in [0.5, 0.6) is 0 Å². The van der Waals surface area contributed by atoms with E-state index in [1.54, 1.807) is 9.58 Å². The summed E-state index contributed by atoms with van der Waals surface area (Å²) in [6.45, 7) is 6.43. The van der Waals surface area contributed by atoms with E-state index in [1.165, 1.54) is 23.1 Å². The van der Waals surface area contributed by atoms with Crippen molar-refractivity contribution in [3.8, 4) is 17.3 Å². The van der Waals surface area contributed by atoms with Gasteiger partial charge in [-0.1, -0.05) is 12.1 Å². The van der Waals surface area contributed by atoms with Crippen LogP contribution in [0.25, 0.3) is 11.3 Å². The summed E-state index contributed by atoms with van der Waals surface area (Å²) in [4.78, 5) is 14.2. The molecule has 0 unspecified atom stereocenters. The molecule has 1 spiro atoms. The molecule has 2 aromatic heterocycles. The van der Waals surface area contributed by atoms with E-state index in [9.17, 15) is 27.6 Å². The molecule has 1 saturated carbocycles. The summed E-state index contributed by atoms with van der Waals surface area (Å²) in [5.41, 5.74) is 5.04. The van der Waals surface area contributed by atoms with Gasteiger partial charge in [0.1, 0.15) is 34.6 Å². The van der Waals surface area contributed by atoms with Crippen molar-refractivity contribution in [1.29, 1.82) is 5.26 Å². The number of rotatable bonds is 4. The van der Waals surface area contributed by atoms with E-state index in [1.807, 2.05) is 20.8 Å². The Morgan fingerprint density at radius 1 is 1.27 bits per heavy atom. The minimum absolute atomic E-state index is 0.0614. The van der Waals surface area contributed by atoms with Gasteiger partial charge in [0.05, 0.1) is 24.3 Å². The maximum absolute atomic E-state index is 14.5.